The Morgan fingerprint density at radius 3 is 2.64 bits per heavy atom. The zero-order valence-corrected chi connectivity index (χ0v) is 19.8. The highest BCUT2D eigenvalue weighted by Crippen LogP contribution is 2.33. The van der Waals surface area contributed by atoms with E-state index in [1.165, 1.54) is 11.1 Å². The summed E-state index contributed by atoms with van der Waals surface area (Å²) in [4.78, 5) is 17.1. The van der Waals surface area contributed by atoms with Gasteiger partial charge in [-0.15, -0.1) is 0 Å². The van der Waals surface area contributed by atoms with Gasteiger partial charge in [-0.25, -0.2) is 9.99 Å². The van der Waals surface area contributed by atoms with E-state index in [0.29, 0.717) is 33.9 Å². The van der Waals surface area contributed by atoms with Crippen molar-refractivity contribution < 1.29 is 18.0 Å². The number of rotatable bonds is 4. The van der Waals surface area contributed by atoms with E-state index in [-0.39, 0.29) is 11.8 Å². The molecule has 0 saturated carbocycles. The zero-order valence-electron chi connectivity index (χ0n) is 19.0. The number of imidazole rings is 1. The number of aromatic nitrogens is 2. The number of hydrogen-bond donors (Lipinski definition) is 0. The van der Waals surface area contributed by atoms with Gasteiger partial charge >= 0.3 is 11.4 Å². The van der Waals surface area contributed by atoms with Crippen molar-refractivity contribution in [2.24, 2.45) is 12.1 Å². The van der Waals surface area contributed by atoms with Crippen LogP contribution in [0, 0.1) is 11.3 Å². The van der Waals surface area contributed by atoms with Crippen LogP contribution < -0.4 is 0 Å². The molecule has 180 valence electrons. The number of hydrazone groups is 1. The smallest absolute Gasteiger partial charge is 0.327 e. The predicted molar refractivity (Wildman–Crippen MR) is 132 cm³/mol. The number of hydrogen-bond acceptors (Lipinski definition) is 5. The molecule has 6 nitrogen and oxygen atoms in total. The highest BCUT2D eigenvalue weighted by Gasteiger charge is 2.31. The number of alkyl halides is 3. The van der Waals surface area contributed by atoms with E-state index in [4.69, 9.17) is 5.26 Å². The predicted octanol–water partition coefficient (Wildman–Crippen LogP) is 6.20. The summed E-state index contributed by atoms with van der Waals surface area (Å²) in [6.45, 7) is 0.233. The highest BCUT2D eigenvalue weighted by atomic mass is 32.2. The summed E-state index contributed by atoms with van der Waals surface area (Å²) in [5.74, 6) is 0.800. The lowest BCUT2D eigenvalue weighted by Crippen LogP contribution is -2.29. The van der Waals surface area contributed by atoms with Crippen molar-refractivity contribution in [2.45, 2.75) is 12.7 Å². The number of aryl methyl sites for hydroxylation is 1. The van der Waals surface area contributed by atoms with Crippen LogP contribution in [0.1, 0.15) is 22.3 Å². The normalized spacial score (nSPS) is 14.1. The topological polar surface area (TPSA) is 74.3 Å². The van der Waals surface area contributed by atoms with Crippen molar-refractivity contribution >= 4 is 33.7 Å². The van der Waals surface area contributed by atoms with Crippen molar-refractivity contribution in [1.29, 1.82) is 5.26 Å². The minimum Gasteiger partial charge on any atom is -0.327 e. The number of halogens is 3. The second-order valence-corrected chi connectivity index (χ2v) is 9.17. The summed E-state index contributed by atoms with van der Waals surface area (Å²) < 4.78 is 41.3. The third-order valence-corrected chi connectivity index (χ3v) is 6.71. The van der Waals surface area contributed by atoms with E-state index in [9.17, 15) is 18.0 Å². The first-order valence-electron chi connectivity index (χ1n) is 10.9. The molecule has 1 aromatic heterocycles. The number of benzene rings is 3. The van der Waals surface area contributed by atoms with Crippen LogP contribution in [0.5, 0.6) is 0 Å². The Balaban J connectivity index is 1.48. The lowest BCUT2D eigenvalue weighted by atomic mass is 10.1. The fourth-order valence-electron chi connectivity index (χ4n) is 4.05. The average Bonchev–Trinajstić information content (AvgIpc) is 3.21. The minimum atomic E-state index is -4.44. The quantitative estimate of drug-likeness (QED) is 0.331. The Morgan fingerprint density at radius 2 is 1.86 bits per heavy atom. The number of carbonyl (C=O) groups excluding carboxylic acids is 1. The van der Waals surface area contributed by atoms with Gasteiger partial charge in [0.2, 0.25) is 0 Å². The molecular formula is C26H18F3N5OS. The SMILES string of the molecule is Cn1c(-c2cccc(C(F)(F)F)c2)nc2cc(C3=NN(Cc4cccc(C#N)c4)C(=O)SC3)ccc21. The van der Waals surface area contributed by atoms with Crippen molar-refractivity contribution in [3.05, 3.63) is 89.0 Å². The second-order valence-electron chi connectivity index (χ2n) is 8.25. The number of nitrogens with zero attached hydrogens (tertiary/aromatic N) is 5. The summed E-state index contributed by atoms with van der Waals surface area (Å²) in [6, 6.07) is 19.7. The van der Waals surface area contributed by atoms with Crippen LogP contribution in [0.25, 0.3) is 22.4 Å². The molecule has 1 amide bonds. The van der Waals surface area contributed by atoms with Gasteiger partial charge in [-0.05, 0) is 42.0 Å². The minimum absolute atomic E-state index is 0.188. The maximum Gasteiger partial charge on any atom is 0.416 e. The van der Waals surface area contributed by atoms with Gasteiger partial charge in [0, 0.05) is 23.9 Å². The zero-order chi connectivity index (χ0) is 25.4. The summed E-state index contributed by atoms with van der Waals surface area (Å²) in [5.41, 5.74) is 3.76. The second kappa shape index (κ2) is 9.17. The van der Waals surface area contributed by atoms with Crippen molar-refractivity contribution in [2.75, 3.05) is 5.75 Å². The standard InChI is InChI=1S/C26H18F3N5OS/c1-33-23-9-8-18(12-21(23)31-24(33)19-6-3-7-20(11-19)26(27,28)29)22-15-36-25(35)34(32-22)14-17-5-2-4-16(10-17)13-30/h2-12H,14-15H2,1H3. The largest absolute Gasteiger partial charge is 0.416 e. The fourth-order valence-corrected chi connectivity index (χ4v) is 4.78. The van der Waals surface area contributed by atoms with Crippen LogP contribution >= 0.6 is 11.8 Å². The maximum absolute atomic E-state index is 13.2. The van der Waals surface area contributed by atoms with Gasteiger partial charge in [0.1, 0.15) is 5.82 Å². The Labute approximate surface area is 208 Å². The van der Waals surface area contributed by atoms with Crippen LogP contribution in [-0.2, 0) is 19.8 Å². The Hall–Kier alpha value is -4.10. The molecule has 0 aliphatic carbocycles. The first-order valence-corrected chi connectivity index (χ1v) is 11.9. The van der Waals surface area contributed by atoms with Crippen LogP contribution in [-0.4, -0.2) is 31.3 Å². The molecule has 0 radical (unpaired) electrons. The molecule has 10 heteroatoms. The molecule has 0 atom stereocenters. The third-order valence-electron chi connectivity index (χ3n) is 5.84. The van der Waals surface area contributed by atoms with Crippen molar-refractivity contribution in [3.8, 4) is 17.5 Å². The Morgan fingerprint density at radius 1 is 1.06 bits per heavy atom. The first-order chi connectivity index (χ1) is 17.2. The van der Waals surface area contributed by atoms with Gasteiger partial charge < -0.3 is 4.57 Å². The van der Waals surface area contributed by atoms with Gasteiger partial charge in [0.05, 0.1) is 40.5 Å². The summed E-state index contributed by atoms with van der Waals surface area (Å²) in [7, 11) is 1.76. The molecular weight excluding hydrogens is 487 g/mol. The molecule has 3 aromatic carbocycles. The number of thioether (sulfide) groups is 1. The van der Waals surface area contributed by atoms with Gasteiger partial charge in [-0.2, -0.15) is 23.5 Å². The lowest BCUT2D eigenvalue weighted by molar-refractivity contribution is -0.137. The molecule has 0 bridgehead atoms. The molecule has 1 aliphatic rings. The van der Waals surface area contributed by atoms with Gasteiger partial charge in [-0.1, -0.05) is 42.1 Å². The van der Waals surface area contributed by atoms with Crippen molar-refractivity contribution in [3.63, 3.8) is 0 Å². The van der Waals surface area contributed by atoms with Crippen molar-refractivity contribution in [1.82, 2.24) is 14.6 Å². The van der Waals surface area contributed by atoms with Gasteiger partial charge in [-0.3, -0.25) is 4.79 Å². The third kappa shape index (κ3) is 4.57. The summed E-state index contributed by atoms with van der Waals surface area (Å²) in [6.07, 6.45) is -4.44. The number of fused-ring (bicyclic) bond motifs is 1. The molecule has 0 fully saturated rings. The lowest BCUT2D eigenvalue weighted by Gasteiger charge is -2.23. The van der Waals surface area contributed by atoms with Crippen LogP contribution in [0.4, 0.5) is 18.0 Å². The van der Waals surface area contributed by atoms with Crippen LogP contribution in [0.15, 0.2) is 71.8 Å². The summed E-state index contributed by atoms with van der Waals surface area (Å²) in [5, 5.41) is 14.9. The molecule has 0 unspecified atom stereocenters. The molecule has 0 spiro atoms. The number of carbonyl (C=O) groups is 1. The molecule has 0 saturated heterocycles. The Kier molecular flexibility index (Phi) is 6.02. The molecule has 2 heterocycles. The highest BCUT2D eigenvalue weighted by molar-refractivity contribution is 8.14. The van der Waals surface area contributed by atoms with E-state index >= 15 is 0 Å². The molecule has 1 aliphatic heterocycles. The molecule has 36 heavy (non-hydrogen) atoms. The Bertz CT molecular complexity index is 1570. The number of nitriles is 1. The van der Waals surface area contributed by atoms with Gasteiger partial charge in [0.25, 0.3) is 0 Å². The van der Waals surface area contributed by atoms with E-state index < -0.39 is 11.7 Å². The average molecular weight is 506 g/mol. The monoisotopic (exact) mass is 505 g/mol. The van der Waals surface area contributed by atoms with E-state index in [0.717, 1.165) is 40.5 Å². The van der Waals surface area contributed by atoms with Gasteiger partial charge in [0.15, 0.2) is 0 Å². The molecule has 5 rings (SSSR count). The first kappa shape index (κ1) is 23.6. The molecule has 4 aromatic rings. The maximum atomic E-state index is 13.2. The van der Waals surface area contributed by atoms with E-state index in [2.05, 4.69) is 16.2 Å². The van der Waals surface area contributed by atoms with E-state index in [1.807, 2.05) is 24.3 Å². The molecule has 0 N–H and O–H groups in total. The van der Waals surface area contributed by atoms with E-state index in [1.54, 1.807) is 35.9 Å². The fraction of sp³-hybridized carbons (Fsp3) is 0.154. The van der Waals surface area contributed by atoms with Crippen LogP contribution in [0.3, 0.4) is 0 Å². The van der Waals surface area contributed by atoms with Crippen LogP contribution in [0.2, 0.25) is 0 Å². The number of amides is 1. The summed E-state index contributed by atoms with van der Waals surface area (Å²) >= 11 is 1.13.